The van der Waals surface area contributed by atoms with Gasteiger partial charge in [-0.25, -0.2) is 12.7 Å². The van der Waals surface area contributed by atoms with Crippen molar-refractivity contribution in [3.05, 3.63) is 0 Å². The fraction of sp³-hybridized carbons (Fsp3) is 1.00. The van der Waals surface area contributed by atoms with Crippen molar-refractivity contribution in [3.63, 3.8) is 0 Å². The molecule has 8 heteroatoms. The predicted molar refractivity (Wildman–Crippen MR) is 74.4 cm³/mol. The first-order chi connectivity index (χ1) is 9.76. The van der Waals surface area contributed by atoms with Crippen LogP contribution in [0.2, 0.25) is 0 Å². The van der Waals surface area contributed by atoms with Gasteiger partial charge in [0, 0.05) is 25.6 Å². The predicted octanol–water partition coefficient (Wildman–Crippen LogP) is 2.12. The largest absolute Gasteiger partial charge is 0.389 e. The Bertz CT molecular complexity index is 427. The molecule has 1 heterocycles. The highest BCUT2D eigenvalue weighted by atomic mass is 32.2. The molecule has 0 amide bonds. The lowest BCUT2D eigenvalue weighted by molar-refractivity contribution is -0.134. The van der Waals surface area contributed by atoms with Gasteiger partial charge in [-0.15, -0.1) is 0 Å². The van der Waals surface area contributed by atoms with Crippen molar-refractivity contribution in [2.24, 2.45) is 5.92 Å². The van der Waals surface area contributed by atoms with E-state index >= 15 is 0 Å². The summed E-state index contributed by atoms with van der Waals surface area (Å²) in [6.07, 6.45) is -1.63. The number of piperidine rings is 1. The lowest BCUT2D eigenvalue weighted by atomic mass is 9.98. The normalized spacial score (nSPS) is 22.6. The quantitative estimate of drug-likeness (QED) is 0.779. The Labute approximate surface area is 124 Å². The van der Waals surface area contributed by atoms with E-state index in [0.717, 1.165) is 19.4 Å². The third-order valence-corrected chi connectivity index (χ3v) is 6.06. The van der Waals surface area contributed by atoms with E-state index in [-0.39, 0.29) is 6.42 Å². The van der Waals surface area contributed by atoms with Gasteiger partial charge in [0.2, 0.25) is 10.0 Å². The smallest absolute Gasteiger partial charge is 0.314 e. The van der Waals surface area contributed by atoms with Crippen LogP contribution in [0.25, 0.3) is 0 Å². The summed E-state index contributed by atoms with van der Waals surface area (Å²) in [6, 6.07) is 0.647. The molecule has 0 spiro atoms. The zero-order valence-corrected chi connectivity index (χ0v) is 12.8. The summed E-state index contributed by atoms with van der Waals surface area (Å²) in [7, 11) is -3.54. The fourth-order valence-electron chi connectivity index (χ4n) is 2.60. The number of nitrogens with zero attached hydrogens (tertiary/aromatic N) is 1. The molecule has 0 bridgehead atoms. The van der Waals surface area contributed by atoms with Gasteiger partial charge in [-0.1, -0.05) is 0 Å². The summed E-state index contributed by atoms with van der Waals surface area (Å²) in [5, 5.41) is 3.44. The van der Waals surface area contributed by atoms with Crippen molar-refractivity contribution < 1.29 is 21.6 Å². The molecular formula is C13H23F3N2O2S. The van der Waals surface area contributed by atoms with Crippen LogP contribution < -0.4 is 5.32 Å². The Hall–Kier alpha value is -0.340. The van der Waals surface area contributed by atoms with Crippen LogP contribution in [-0.2, 0) is 10.0 Å². The number of sulfonamides is 1. The van der Waals surface area contributed by atoms with Crippen LogP contribution in [0.4, 0.5) is 13.2 Å². The number of hydrogen-bond donors (Lipinski definition) is 1. The average Bonchev–Trinajstić information content (AvgIpc) is 3.19. The number of halogens is 3. The lowest BCUT2D eigenvalue weighted by Gasteiger charge is -2.31. The van der Waals surface area contributed by atoms with Gasteiger partial charge in [0.25, 0.3) is 0 Å². The highest BCUT2D eigenvalue weighted by Crippen LogP contribution is 2.25. The van der Waals surface area contributed by atoms with Crippen LogP contribution in [0.5, 0.6) is 0 Å². The number of hydrogen-bond acceptors (Lipinski definition) is 3. The van der Waals surface area contributed by atoms with E-state index in [1.165, 1.54) is 17.1 Å². The third-order valence-electron chi connectivity index (χ3n) is 4.10. The number of nitrogens with one attached hydrogen (secondary N) is 1. The van der Waals surface area contributed by atoms with E-state index in [2.05, 4.69) is 5.32 Å². The molecule has 0 radical (unpaired) electrons. The van der Waals surface area contributed by atoms with Crippen molar-refractivity contribution in [2.75, 3.05) is 25.4 Å². The van der Waals surface area contributed by atoms with Gasteiger partial charge in [-0.05, 0) is 44.6 Å². The van der Waals surface area contributed by atoms with Gasteiger partial charge in [0.15, 0.2) is 0 Å². The van der Waals surface area contributed by atoms with E-state index in [0.29, 0.717) is 25.0 Å². The maximum Gasteiger partial charge on any atom is 0.389 e. The number of alkyl halides is 3. The SMILES string of the molecule is O=S(=O)(CCCC(F)(F)F)N1CCC(CNC2CC2)CC1. The molecule has 1 aliphatic heterocycles. The van der Waals surface area contributed by atoms with Crippen LogP contribution in [0.1, 0.15) is 38.5 Å². The first-order valence-electron chi connectivity index (χ1n) is 7.54. The summed E-state index contributed by atoms with van der Waals surface area (Å²) < 4.78 is 61.5. The highest BCUT2D eigenvalue weighted by molar-refractivity contribution is 7.89. The van der Waals surface area contributed by atoms with Crippen LogP contribution in [0, 0.1) is 5.92 Å². The summed E-state index contributed by atoms with van der Waals surface area (Å²) in [4.78, 5) is 0. The molecule has 1 aliphatic carbocycles. The van der Waals surface area contributed by atoms with Crippen molar-refractivity contribution in [3.8, 4) is 0 Å². The maximum atomic E-state index is 12.1. The Morgan fingerprint density at radius 3 is 2.24 bits per heavy atom. The van der Waals surface area contributed by atoms with Crippen LogP contribution in [0.3, 0.4) is 0 Å². The number of rotatable bonds is 7. The molecule has 2 fully saturated rings. The highest BCUT2D eigenvalue weighted by Gasteiger charge is 2.31. The van der Waals surface area contributed by atoms with Crippen molar-refractivity contribution in [1.29, 1.82) is 0 Å². The minimum Gasteiger partial charge on any atom is -0.314 e. The molecule has 21 heavy (non-hydrogen) atoms. The summed E-state index contributed by atoms with van der Waals surface area (Å²) in [6.45, 7) is 1.79. The van der Waals surface area contributed by atoms with E-state index in [1.807, 2.05) is 0 Å². The minimum atomic E-state index is -4.28. The molecule has 4 nitrogen and oxygen atoms in total. The molecule has 1 N–H and O–H groups in total. The standard InChI is InChI=1S/C13H23F3N2O2S/c14-13(15,16)6-1-9-21(19,20)18-7-4-11(5-8-18)10-17-12-2-3-12/h11-12,17H,1-10H2. The lowest BCUT2D eigenvalue weighted by Crippen LogP contribution is -2.42. The zero-order chi connectivity index (χ0) is 15.5. The molecule has 0 aromatic rings. The second-order valence-electron chi connectivity index (χ2n) is 6.06. The second kappa shape index (κ2) is 6.83. The van der Waals surface area contributed by atoms with Crippen LogP contribution >= 0.6 is 0 Å². The second-order valence-corrected chi connectivity index (χ2v) is 8.15. The first-order valence-corrected chi connectivity index (χ1v) is 9.15. The van der Waals surface area contributed by atoms with Gasteiger partial charge in [-0.2, -0.15) is 13.2 Å². The molecular weight excluding hydrogens is 305 g/mol. The van der Waals surface area contributed by atoms with Crippen molar-refractivity contribution in [1.82, 2.24) is 9.62 Å². The van der Waals surface area contributed by atoms with Crippen LogP contribution in [-0.4, -0.2) is 50.3 Å². The summed E-state index contributed by atoms with van der Waals surface area (Å²) in [5.41, 5.74) is 0. The fourth-order valence-corrected chi connectivity index (χ4v) is 4.13. The average molecular weight is 328 g/mol. The molecule has 0 atom stereocenters. The Balaban J connectivity index is 1.69. The molecule has 1 saturated carbocycles. The van der Waals surface area contributed by atoms with E-state index in [4.69, 9.17) is 0 Å². The molecule has 2 aliphatic rings. The van der Waals surface area contributed by atoms with Crippen LogP contribution in [0.15, 0.2) is 0 Å². The van der Waals surface area contributed by atoms with E-state index in [9.17, 15) is 21.6 Å². The zero-order valence-electron chi connectivity index (χ0n) is 12.0. The molecule has 0 unspecified atom stereocenters. The van der Waals surface area contributed by atoms with Gasteiger partial charge < -0.3 is 5.32 Å². The molecule has 0 aromatic carbocycles. The third kappa shape index (κ3) is 6.12. The van der Waals surface area contributed by atoms with Crippen molar-refractivity contribution in [2.45, 2.75) is 50.7 Å². The molecule has 1 saturated heterocycles. The van der Waals surface area contributed by atoms with Gasteiger partial charge in [-0.3, -0.25) is 0 Å². The Morgan fingerprint density at radius 2 is 1.71 bits per heavy atom. The summed E-state index contributed by atoms with van der Waals surface area (Å²) in [5.74, 6) is 0.0737. The molecule has 124 valence electrons. The minimum absolute atomic E-state index is 0.352. The van der Waals surface area contributed by atoms with Gasteiger partial charge >= 0.3 is 6.18 Å². The van der Waals surface area contributed by atoms with E-state index < -0.39 is 28.4 Å². The monoisotopic (exact) mass is 328 g/mol. The molecule has 2 rings (SSSR count). The van der Waals surface area contributed by atoms with Crippen molar-refractivity contribution >= 4 is 10.0 Å². The Morgan fingerprint density at radius 1 is 1.10 bits per heavy atom. The van der Waals surface area contributed by atoms with E-state index in [1.54, 1.807) is 0 Å². The topological polar surface area (TPSA) is 49.4 Å². The van der Waals surface area contributed by atoms with Gasteiger partial charge in [0.05, 0.1) is 5.75 Å². The van der Waals surface area contributed by atoms with Gasteiger partial charge in [0.1, 0.15) is 0 Å². The Kier molecular flexibility index (Phi) is 5.54. The maximum absolute atomic E-state index is 12.1. The molecule has 0 aromatic heterocycles. The first kappa shape index (κ1) is 17.0. The summed E-state index contributed by atoms with van der Waals surface area (Å²) >= 11 is 0.